The second-order valence-corrected chi connectivity index (χ2v) is 3.61. The van der Waals surface area contributed by atoms with Crippen LogP contribution in [0.5, 0.6) is 0 Å². The van der Waals surface area contributed by atoms with Crippen LogP contribution in [-0.2, 0) is 0 Å². The summed E-state index contributed by atoms with van der Waals surface area (Å²) in [7, 11) is 0. The first kappa shape index (κ1) is 9.41. The SMILES string of the molecule is Cc1cc(F)c2c(F)c(Cl)ccc2c1. The molecule has 0 fully saturated rings. The van der Waals surface area contributed by atoms with E-state index >= 15 is 0 Å². The van der Waals surface area contributed by atoms with Crippen molar-refractivity contribution in [3.63, 3.8) is 0 Å². The largest absolute Gasteiger partial charge is 0.206 e. The van der Waals surface area contributed by atoms with Crippen molar-refractivity contribution in [2.24, 2.45) is 0 Å². The van der Waals surface area contributed by atoms with Gasteiger partial charge in [0.25, 0.3) is 0 Å². The molecule has 72 valence electrons. The van der Waals surface area contributed by atoms with E-state index in [4.69, 9.17) is 11.6 Å². The average Bonchev–Trinajstić information content (AvgIpc) is 2.10. The van der Waals surface area contributed by atoms with E-state index in [-0.39, 0.29) is 10.4 Å². The molecule has 0 radical (unpaired) electrons. The Morgan fingerprint density at radius 3 is 2.57 bits per heavy atom. The maximum Gasteiger partial charge on any atom is 0.152 e. The zero-order chi connectivity index (χ0) is 10.3. The lowest BCUT2D eigenvalue weighted by Gasteiger charge is -2.04. The van der Waals surface area contributed by atoms with Crippen LogP contribution in [0.25, 0.3) is 10.8 Å². The summed E-state index contributed by atoms with van der Waals surface area (Å²) in [6.07, 6.45) is 0. The minimum absolute atomic E-state index is 0.0388. The molecular formula is C11H7ClF2. The normalized spacial score (nSPS) is 10.9. The summed E-state index contributed by atoms with van der Waals surface area (Å²) >= 11 is 5.56. The van der Waals surface area contributed by atoms with Gasteiger partial charge >= 0.3 is 0 Å². The zero-order valence-electron chi connectivity index (χ0n) is 7.44. The van der Waals surface area contributed by atoms with Gasteiger partial charge in [0.15, 0.2) is 5.82 Å². The summed E-state index contributed by atoms with van der Waals surface area (Å²) in [5.74, 6) is -1.26. The van der Waals surface area contributed by atoms with Gasteiger partial charge in [0.1, 0.15) is 5.82 Å². The Hall–Kier alpha value is -1.15. The van der Waals surface area contributed by atoms with Crippen molar-refractivity contribution in [1.82, 2.24) is 0 Å². The molecule has 3 heteroatoms. The van der Waals surface area contributed by atoms with E-state index in [0.717, 1.165) is 5.56 Å². The van der Waals surface area contributed by atoms with Gasteiger partial charge in [-0.25, -0.2) is 8.78 Å². The summed E-state index contributed by atoms with van der Waals surface area (Å²) in [5, 5.41) is 0.438. The van der Waals surface area contributed by atoms with Crippen LogP contribution in [0, 0.1) is 18.6 Å². The molecule has 0 aliphatic heterocycles. The Kier molecular flexibility index (Phi) is 2.16. The molecule has 0 heterocycles. The van der Waals surface area contributed by atoms with E-state index in [0.29, 0.717) is 5.39 Å². The molecule has 0 aliphatic rings. The second kappa shape index (κ2) is 3.21. The summed E-state index contributed by atoms with van der Waals surface area (Å²) in [4.78, 5) is 0. The van der Waals surface area contributed by atoms with Gasteiger partial charge in [-0.15, -0.1) is 0 Å². The summed E-state index contributed by atoms with van der Waals surface area (Å²) in [6, 6.07) is 6.05. The van der Waals surface area contributed by atoms with Crippen LogP contribution in [0.3, 0.4) is 0 Å². The number of rotatable bonds is 0. The van der Waals surface area contributed by atoms with Crippen LogP contribution < -0.4 is 0 Å². The van der Waals surface area contributed by atoms with Crippen molar-refractivity contribution in [2.75, 3.05) is 0 Å². The number of halogens is 3. The van der Waals surface area contributed by atoms with Gasteiger partial charge in [0, 0.05) is 0 Å². The first-order chi connectivity index (χ1) is 6.59. The van der Waals surface area contributed by atoms with Gasteiger partial charge in [-0.1, -0.05) is 23.7 Å². The number of benzene rings is 2. The van der Waals surface area contributed by atoms with Crippen molar-refractivity contribution in [3.8, 4) is 0 Å². The maximum atomic E-state index is 13.4. The first-order valence-electron chi connectivity index (χ1n) is 4.13. The Morgan fingerprint density at radius 2 is 1.86 bits per heavy atom. The van der Waals surface area contributed by atoms with E-state index in [1.165, 1.54) is 12.1 Å². The molecule has 0 atom stereocenters. The smallest absolute Gasteiger partial charge is 0.152 e. The summed E-state index contributed by atoms with van der Waals surface area (Å²) in [6.45, 7) is 1.76. The standard InChI is InChI=1S/C11H7ClF2/c1-6-4-7-2-3-8(12)11(14)10(7)9(13)5-6/h2-5H,1H3. The molecule has 14 heavy (non-hydrogen) atoms. The molecule has 0 saturated carbocycles. The van der Waals surface area contributed by atoms with Crippen LogP contribution in [0.4, 0.5) is 8.78 Å². The lowest BCUT2D eigenvalue weighted by atomic mass is 10.1. The molecular weight excluding hydrogens is 206 g/mol. The average molecular weight is 213 g/mol. The monoisotopic (exact) mass is 212 g/mol. The molecule has 0 nitrogen and oxygen atoms in total. The first-order valence-corrected chi connectivity index (χ1v) is 4.51. The van der Waals surface area contributed by atoms with Crippen molar-refractivity contribution in [1.29, 1.82) is 0 Å². The predicted octanol–water partition coefficient (Wildman–Crippen LogP) is 4.08. The van der Waals surface area contributed by atoms with Gasteiger partial charge in [0.2, 0.25) is 0 Å². The predicted molar refractivity (Wildman–Crippen MR) is 53.6 cm³/mol. The fourth-order valence-electron chi connectivity index (χ4n) is 1.49. The van der Waals surface area contributed by atoms with E-state index in [1.54, 1.807) is 19.1 Å². The highest BCUT2D eigenvalue weighted by molar-refractivity contribution is 6.31. The van der Waals surface area contributed by atoms with Gasteiger partial charge in [-0.2, -0.15) is 0 Å². The van der Waals surface area contributed by atoms with Crippen molar-refractivity contribution < 1.29 is 8.78 Å². The molecule has 2 aromatic rings. The van der Waals surface area contributed by atoms with Crippen LogP contribution in [0.2, 0.25) is 5.02 Å². The number of fused-ring (bicyclic) bond motifs is 1. The number of hydrogen-bond donors (Lipinski definition) is 0. The molecule has 0 saturated heterocycles. The third-order valence-corrected chi connectivity index (χ3v) is 2.40. The molecule has 0 N–H and O–H groups in total. The maximum absolute atomic E-state index is 13.4. The second-order valence-electron chi connectivity index (χ2n) is 3.21. The Morgan fingerprint density at radius 1 is 1.14 bits per heavy atom. The summed E-state index contributed by atoms with van der Waals surface area (Å²) < 4.78 is 26.8. The van der Waals surface area contributed by atoms with Crippen LogP contribution in [0.15, 0.2) is 24.3 Å². The molecule has 0 unspecified atom stereocenters. The van der Waals surface area contributed by atoms with Crippen molar-refractivity contribution in [3.05, 3.63) is 46.5 Å². The molecule has 0 bridgehead atoms. The van der Waals surface area contributed by atoms with Crippen LogP contribution in [-0.4, -0.2) is 0 Å². The molecule has 2 rings (SSSR count). The zero-order valence-corrected chi connectivity index (χ0v) is 8.20. The van der Waals surface area contributed by atoms with E-state index in [2.05, 4.69) is 0 Å². The van der Waals surface area contributed by atoms with E-state index in [9.17, 15) is 8.78 Å². The van der Waals surface area contributed by atoms with Crippen LogP contribution in [0.1, 0.15) is 5.56 Å². The topological polar surface area (TPSA) is 0 Å². The number of aryl methyl sites for hydroxylation is 1. The lowest BCUT2D eigenvalue weighted by Crippen LogP contribution is -1.87. The highest BCUT2D eigenvalue weighted by Crippen LogP contribution is 2.27. The fourth-order valence-corrected chi connectivity index (χ4v) is 1.65. The minimum Gasteiger partial charge on any atom is -0.206 e. The Labute approximate surface area is 85.1 Å². The molecule has 0 amide bonds. The molecule has 0 spiro atoms. The van der Waals surface area contributed by atoms with Gasteiger partial charge in [0.05, 0.1) is 10.4 Å². The quantitative estimate of drug-likeness (QED) is 0.617. The Balaban J connectivity index is 2.95. The lowest BCUT2D eigenvalue weighted by molar-refractivity contribution is 0.608. The Bertz CT molecular complexity index is 506. The van der Waals surface area contributed by atoms with Crippen molar-refractivity contribution in [2.45, 2.75) is 6.92 Å². The van der Waals surface area contributed by atoms with Gasteiger partial charge in [-0.3, -0.25) is 0 Å². The molecule has 0 aromatic heterocycles. The van der Waals surface area contributed by atoms with Crippen molar-refractivity contribution >= 4 is 22.4 Å². The van der Waals surface area contributed by atoms with E-state index < -0.39 is 11.6 Å². The molecule has 0 aliphatic carbocycles. The third kappa shape index (κ3) is 1.36. The van der Waals surface area contributed by atoms with E-state index in [1.807, 2.05) is 0 Å². The van der Waals surface area contributed by atoms with Crippen LogP contribution >= 0.6 is 11.6 Å². The highest BCUT2D eigenvalue weighted by atomic mass is 35.5. The van der Waals surface area contributed by atoms with Gasteiger partial charge < -0.3 is 0 Å². The fraction of sp³-hybridized carbons (Fsp3) is 0.0909. The highest BCUT2D eigenvalue weighted by Gasteiger charge is 2.10. The molecule has 2 aromatic carbocycles. The minimum atomic E-state index is -0.693. The van der Waals surface area contributed by atoms with Gasteiger partial charge in [-0.05, 0) is 30.0 Å². The number of hydrogen-bond acceptors (Lipinski definition) is 0. The third-order valence-electron chi connectivity index (χ3n) is 2.10. The summed E-state index contributed by atoms with van der Waals surface area (Å²) in [5.41, 5.74) is 0.761.